The van der Waals surface area contributed by atoms with Gasteiger partial charge < -0.3 is 38.9 Å². The predicted molar refractivity (Wildman–Crippen MR) is 210 cm³/mol. The number of carbonyl (C=O) groups excluding carboxylic acids is 4. The number of benzene rings is 4. The minimum Gasteiger partial charge on any atom is -0.461 e. The van der Waals surface area contributed by atoms with Crippen LogP contribution >= 0.6 is 0 Å². The van der Waals surface area contributed by atoms with Crippen LogP contribution in [0.2, 0.25) is 0 Å². The van der Waals surface area contributed by atoms with Gasteiger partial charge in [-0.15, -0.1) is 0 Å². The van der Waals surface area contributed by atoms with Crippen molar-refractivity contribution in [2.45, 2.75) is 37.9 Å². The molecule has 4 aromatic heterocycles. The van der Waals surface area contributed by atoms with E-state index in [-0.39, 0.29) is 25.7 Å². The standard InChI is InChI=1S/C44H38N4O8/c49-41(17-27-21-45-35-13-5-1-9-31(27)35)53-25-39(55-43(51)19-29-23-47-37-15-7-3-11-33(29)37)40(56-44(52)20-30-24-48-38-16-8-4-12-34(30)38)26-54-42(50)18-28-22-46-36-14-6-2-10-32(28)36/h1-16,21-24,39-40,45-48H,17-20,25-26H2. The fourth-order valence-corrected chi connectivity index (χ4v) is 7.04. The maximum Gasteiger partial charge on any atom is 0.310 e. The molecule has 4 aromatic carbocycles. The molecule has 0 amide bonds. The normalized spacial score (nSPS) is 12.5. The van der Waals surface area contributed by atoms with Gasteiger partial charge in [0.05, 0.1) is 25.7 Å². The van der Waals surface area contributed by atoms with Crippen molar-refractivity contribution in [3.8, 4) is 0 Å². The van der Waals surface area contributed by atoms with E-state index >= 15 is 0 Å². The zero-order valence-electron chi connectivity index (χ0n) is 30.2. The van der Waals surface area contributed by atoms with E-state index in [2.05, 4.69) is 19.9 Å². The number of carbonyl (C=O) groups is 4. The number of rotatable bonds is 15. The Morgan fingerprint density at radius 1 is 0.393 bits per heavy atom. The maximum atomic E-state index is 13.6. The maximum absolute atomic E-state index is 13.6. The van der Waals surface area contributed by atoms with Crippen molar-refractivity contribution >= 4 is 67.5 Å². The first-order valence-electron chi connectivity index (χ1n) is 18.3. The first-order valence-corrected chi connectivity index (χ1v) is 18.3. The SMILES string of the molecule is O=C(Cc1c[nH]c2ccccc12)OCC(OC(=O)Cc1c[nH]c2ccccc12)C(COC(=O)Cc1c[nH]c2ccccc12)OC(=O)Cc1c[nH]c2ccccc12. The van der Waals surface area contributed by atoms with Gasteiger partial charge in [0.2, 0.25) is 0 Å². The number of nitrogens with one attached hydrogen (secondary N) is 4. The zero-order valence-corrected chi connectivity index (χ0v) is 30.2. The fraction of sp³-hybridized carbons (Fsp3) is 0.182. The Morgan fingerprint density at radius 3 is 0.964 bits per heavy atom. The molecule has 12 nitrogen and oxygen atoms in total. The van der Waals surface area contributed by atoms with Crippen molar-refractivity contribution in [1.82, 2.24) is 19.9 Å². The molecule has 0 saturated heterocycles. The molecule has 0 aliphatic carbocycles. The Kier molecular flexibility index (Phi) is 10.3. The van der Waals surface area contributed by atoms with Gasteiger partial charge in [0.15, 0.2) is 12.2 Å². The molecule has 0 spiro atoms. The number of ether oxygens (including phenoxy) is 4. The van der Waals surface area contributed by atoms with Crippen LogP contribution in [0.25, 0.3) is 43.6 Å². The lowest BCUT2D eigenvalue weighted by molar-refractivity contribution is -0.181. The average molecular weight is 751 g/mol. The minimum atomic E-state index is -1.33. The van der Waals surface area contributed by atoms with E-state index in [1.807, 2.05) is 97.1 Å². The average Bonchev–Trinajstić information content (AvgIpc) is 4.02. The third kappa shape index (κ3) is 8.04. The first kappa shape index (κ1) is 35.9. The number of hydrogen-bond donors (Lipinski definition) is 4. The molecule has 2 unspecified atom stereocenters. The molecule has 8 aromatic rings. The highest BCUT2D eigenvalue weighted by atomic mass is 16.6. The minimum absolute atomic E-state index is 0.0648. The topological polar surface area (TPSA) is 168 Å². The number of aromatic amines is 4. The van der Waals surface area contributed by atoms with Crippen LogP contribution in [0.1, 0.15) is 22.3 Å². The Hall–Kier alpha value is -7.08. The van der Waals surface area contributed by atoms with E-state index in [0.717, 1.165) is 54.7 Å². The highest BCUT2D eigenvalue weighted by Crippen LogP contribution is 2.23. The number of para-hydroxylation sites is 4. The summed E-state index contributed by atoms with van der Waals surface area (Å²) in [5.41, 5.74) is 6.29. The summed E-state index contributed by atoms with van der Waals surface area (Å²) in [5.74, 6) is -2.49. The molecule has 56 heavy (non-hydrogen) atoms. The van der Waals surface area contributed by atoms with E-state index in [9.17, 15) is 19.2 Å². The van der Waals surface area contributed by atoms with Crippen LogP contribution in [0.5, 0.6) is 0 Å². The van der Waals surface area contributed by atoms with Gasteiger partial charge in [0.25, 0.3) is 0 Å². The van der Waals surface area contributed by atoms with Crippen molar-refractivity contribution in [2.75, 3.05) is 13.2 Å². The third-order valence-corrected chi connectivity index (χ3v) is 9.84. The highest BCUT2D eigenvalue weighted by Gasteiger charge is 2.33. The number of H-pyrrole nitrogens is 4. The lowest BCUT2D eigenvalue weighted by Crippen LogP contribution is -2.43. The summed E-state index contributed by atoms with van der Waals surface area (Å²) in [7, 11) is 0. The molecule has 12 heteroatoms. The summed E-state index contributed by atoms with van der Waals surface area (Å²) < 4.78 is 23.4. The van der Waals surface area contributed by atoms with E-state index in [1.165, 1.54) is 0 Å². The van der Waals surface area contributed by atoms with Crippen LogP contribution in [-0.4, -0.2) is 69.2 Å². The molecule has 8 rings (SSSR count). The second kappa shape index (κ2) is 16.1. The van der Waals surface area contributed by atoms with Crippen LogP contribution in [0, 0.1) is 0 Å². The Bertz CT molecular complexity index is 2500. The van der Waals surface area contributed by atoms with Crippen LogP contribution in [-0.2, 0) is 63.8 Å². The van der Waals surface area contributed by atoms with Crippen LogP contribution in [0.3, 0.4) is 0 Å². The molecule has 4 heterocycles. The molecule has 0 saturated carbocycles. The molecule has 0 aliphatic heterocycles. The second-order valence-corrected chi connectivity index (χ2v) is 13.6. The summed E-state index contributed by atoms with van der Waals surface area (Å²) in [4.78, 5) is 66.5. The molecule has 0 radical (unpaired) electrons. The molecular weight excluding hydrogens is 713 g/mol. The third-order valence-electron chi connectivity index (χ3n) is 9.84. The number of hydrogen-bond acceptors (Lipinski definition) is 8. The van der Waals surface area contributed by atoms with Gasteiger partial charge in [-0.05, 0) is 46.5 Å². The summed E-state index contributed by atoms with van der Waals surface area (Å²) in [5, 5.41) is 3.44. The predicted octanol–water partition coefficient (Wildman–Crippen LogP) is 6.79. The quantitative estimate of drug-likeness (QED) is 0.0656. The Balaban J connectivity index is 1.03. The summed E-state index contributed by atoms with van der Waals surface area (Å²) in [6.45, 7) is -0.933. The summed E-state index contributed by atoms with van der Waals surface area (Å²) >= 11 is 0. The van der Waals surface area contributed by atoms with Gasteiger partial charge in [-0.2, -0.15) is 0 Å². The van der Waals surface area contributed by atoms with E-state index in [4.69, 9.17) is 18.9 Å². The number of esters is 4. The van der Waals surface area contributed by atoms with Crippen molar-refractivity contribution in [1.29, 1.82) is 0 Å². The molecule has 4 N–H and O–H groups in total. The Labute approximate surface area is 320 Å². The summed E-state index contributed by atoms with van der Waals surface area (Å²) in [6.07, 6.45) is 3.91. The van der Waals surface area contributed by atoms with Crippen LogP contribution in [0.15, 0.2) is 122 Å². The van der Waals surface area contributed by atoms with Gasteiger partial charge >= 0.3 is 23.9 Å². The van der Waals surface area contributed by atoms with Crippen molar-refractivity contribution in [2.24, 2.45) is 0 Å². The lowest BCUT2D eigenvalue weighted by atomic mass is 10.1. The van der Waals surface area contributed by atoms with Gasteiger partial charge in [-0.1, -0.05) is 72.8 Å². The van der Waals surface area contributed by atoms with Crippen LogP contribution in [0.4, 0.5) is 0 Å². The number of aromatic nitrogens is 4. The van der Waals surface area contributed by atoms with Gasteiger partial charge in [-0.3, -0.25) is 19.2 Å². The second-order valence-electron chi connectivity index (χ2n) is 13.6. The molecule has 0 aliphatic rings. The van der Waals surface area contributed by atoms with Crippen LogP contribution < -0.4 is 0 Å². The van der Waals surface area contributed by atoms with Crippen molar-refractivity contribution in [3.05, 3.63) is 144 Å². The zero-order chi connectivity index (χ0) is 38.4. The van der Waals surface area contributed by atoms with Gasteiger partial charge in [0, 0.05) is 68.4 Å². The molecule has 2 atom stereocenters. The van der Waals surface area contributed by atoms with Crippen molar-refractivity contribution < 1.29 is 38.1 Å². The van der Waals surface area contributed by atoms with Gasteiger partial charge in [0.1, 0.15) is 13.2 Å². The summed E-state index contributed by atoms with van der Waals surface area (Å²) in [6, 6.07) is 30.2. The molecule has 282 valence electrons. The Morgan fingerprint density at radius 2 is 0.661 bits per heavy atom. The first-order chi connectivity index (χ1) is 27.4. The van der Waals surface area contributed by atoms with Gasteiger partial charge in [-0.25, -0.2) is 0 Å². The monoisotopic (exact) mass is 750 g/mol. The largest absolute Gasteiger partial charge is 0.461 e. The van der Waals surface area contributed by atoms with E-state index < -0.39 is 49.3 Å². The highest BCUT2D eigenvalue weighted by molar-refractivity contribution is 5.90. The fourth-order valence-electron chi connectivity index (χ4n) is 7.04. The number of fused-ring (bicyclic) bond motifs is 4. The van der Waals surface area contributed by atoms with E-state index in [0.29, 0.717) is 11.1 Å². The lowest BCUT2D eigenvalue weighted by Gasteiger charge is -2.26. The molecular formula is C44H38N4O8. The van der Waals surface area contributed by atoms with Crippen molar-refractivity contribution in [3.63, 3.8) is 0 Å². The molecule has 0 fully saturated rings. The molecule has 0 bridgehead atoms. The van der Waals surface area contributed by atoms with E-state index in [1.54, 1.807) is 24.8 Å². The smallest absolute Gasteiger partial charge is 0.310 e.